The van der Waals surface area contributed by atoms with Crippen molar-refractivity contribution < 1.29 is 19.0 Å². The highest BCUT2D eigenvalue weighted by atomic mass is 16.6. The maximum atomic E-state index is 12.2. The molecular weight excluding hydrogens is 318 g/mol. The molecule has 0 aliphatic carbocycles. The number of hydrogen-bond acceptors (Lipinski definition) is 4. The summed E-state index contributed by atoms with van der Waals surface area (Å²) in [6, 6.07) is 12.9. The molecule has 0 atom stereocenters. The first-order valence-electron chi connectivity index (χ1n) is 8.09. The average molecular weight is 337 g/mol. The van der Waals surface area contributed by atoms with Crippen LogP contribution in [0.15, 0.2) is 42.5 Å². The molecule has 0 radical (unpaired) electrons. The lowest BCUT2D eigenvalue weighted by molar-refractivity contribution is 0.0953. The van der Waals surface area contributed by atoms with Gasteiger partial charge in [0, 0.05) is 12.1 Å². The molecule has 25 heavy (non-hydrogen) atoms. The van der Waals surface area contributed by atoms with Gasteiger partial charge >= 0.3 is 0 Å². The molecule has 2 aromatic rings. The summed E-state index contributed by atoms with van der Waals surface area (Å²) in [5, 5.41) is 2.91. The van der Waals surface area contributed by atoms with Crippen LogP contribution in [0.2, 0.25) is 0 Å². The number of benzene rings is 2. The maximum Gasteiger partial charge on any atom is 0.251 e. The minimum atomic E-state index is -0.133. The van der Waals surface area contributed by atoms with Crippen LogP contribution in [-0.4, -0.2) is 32.3 Å². The van der Waals surface area contributed by atoms with Crippen molar-refractivity contribution in [3.8, 4) is 29.6 Å². The summed E-state index contributed by atoms with van der Waals surface area (Å²) in [7, 11) is 0. The third-order valence-corrected chi connectivity index (χ3v) is 3.75. The zero-order chi connectivity index (χ0) is 17.5. The van der Waals surface area contributed by atoms with Gasteiger partial charge in [0.05, 0.1) is 0 Å². The Balaban J connectivity index is 1.50. The molecule has 0 saturated carbocycles. The number of carbonyl (C=O) groups is 1. The van der Waals surface area contributed by atoms with Crippen molar-refractivity contribution in [1.29, 1.82) is 0 Å². The van der Waals surface area contributed by atoms with Gasteiger partial charge in [0.25, 0.3) is 5.91 Å². The number of nitrogens with one attached hydrogen (secondary N) is 1. The van der Waals surface area contributed by atoms with Gasteiger partial charge in [0.15, 0.2) is 11.5 Å². The van der Waals surface area contributed by atoms with E-state index in [4.69, 9.17) is 20.6 Å². The van der Waals surface area contributed by atoms with Crippen LogP contribution < -0.4 is 19.5 Å². The number of ether oxygens (including phenoxy) is 3. The fourth-order valence-corrected chi connectivity index (χ4v) is 2.48. The Labute approximate surface area is 146 Å². The Morgan fingerprint density at radius 3 is 2.64 bits per heavy atom. The molecule has 1 heterocycles. The first kappa shape index (κ1) is 16.7. The van der Waals surface area contributed by atoms with Gasteiger partial charge in [-0.15, -0.1) is 6.42 Å². The Morgan fingerprint density at radius 1 is 1.12 bits per heavy atom. The van der Waals surface area contributed by atoms with E-state index in [1.807, 2.05) is 24.3 Å². The molecule has 2 aromatic carbocycles. The highest BCUT2D eigenvalue weighted by molar-refractivity contribution is 5.94. The Hall–Kier alpha value is -3.13. The average Bonchev–Trinajstić information content (AvgIpc) is 2.67. The normalized spacial score (nSPS) is 12.1. The number of terminal acetylenes is 1. The molecule has 0 saturated heterocycles. The first-order chi connectivity index (χ1) is 12.3. The molecule has 1 aliphatic heterocycles. The van der Waals surface area contributed by atoms with E-state index in [1.54, 1.807) is 18.2 Å². The van der Waals surface area contributed by atoms with E-state index in [0.29, 0.717) is 36.8 Å². The molecular formula is C20H19NO4. The van der Waals surface area contributed by atoms with Crippen LogP contribution in [0.25, 0.3) is 0 Å². The molecule has 0 bridgehead atoms. The van der Waals surface area contributed by atoms with Gasteiger partial charge < -0.3 is 19.5 Å². The minimum Gasteiger partial charge on any atom is -0.486 e. The fourth-order valence-electron chi connectivity index (χ4n) is 2.48. The fraction of sp³-hybridized carbons (Fsp3) is 0.250. The minimum absolute atomic E-state index is 0.133. The molecule has 128 valence electrons. The number of rotatable bonds is 6. The molecule has 1 amide bonds. The van der Waals surface area contributed by atoms with Crippen LogP contribution in [0.1, 0.15) is 15.9 Å². The summed E-state index contributed by atoms with van der Waals surface area (Å²) in [6.07, 6.45) is 5.88. The maximum absolute atomic E-state index is 12.2. The largest absolute Gasteiger partial charge is 0.486 e. The molecule has 5 nitrogen and oxygen atoms in total. The summed E-state index contributed by atoms with van der Waals surface area (Å²) < 4.78 is 16.3. The Morgan fingerprint density at radius 2 is 1.88 bits per heavy atom. The van der Waals surface area contributed by atoms with E-state index >= 15 is 0 Å². The van der Waals surface area contributed by atoms with Gasteiger partial charge in [-0.2, -0.15) is 0 Å². The van der Waals surface area contributed by atoms with E-state index in [-0.39, 0.29) is 12.5 Å². The third-order valence-electron chi connectivity index (χ3n) is 3.75. The Bertz CT molecular complexity index is 777. The van der Waals surface area contributed by atoms with Gasteiger partial charge in [-0.25, -0.2) is 0 Å². The number of fused-ring (bicyclic) bond motifs is 1. The van der Waals surface area contributed by atoms with Crippen LogP contribution in [0.3, 0.4) is 0 Å². The lowest BCUT2D eigenvalue weighted by Gasteiger charge is -2.18. The molecule has 0 aromatic heterocycles. The van der Waals surface area contributed by atoms with Crippen LogP contribution in [0.4, 0.5) is 0 Å². The molecule has 0 unspecified atom stereocenters. The zero-order valence-corrected chi connectivity index (χ0v) is 13.8. The molecule has 1 N–H and O–H groups in total. The van der Waals surface area contributed by atoms with Crippen LogP contribution in [0, 0.1) is 12.3 Å². The third kappa shape index (κ3) is 4.45. The highest BCUT2D eigenvalue weighted by Gasteiger charge is 2.14. The van der Waals surface area contributed by atoms with Gasteiger partial charge in [-0.3, -0.25) is 4.79 Å². The van der Waals surface area contributed by atoms with Crippen molar-refractivity contribution in [1.82, 2.24) is 5.32 Å². The van der Waals surface area contributed by atoms with E-state index in [9.17, 15) is 4.79 Å². The quantitative estimate of drug-likeness (QED) is 0.823. The van der Waals surface area contributed by atoms with E-state index in [0.717, 1.165) is 17.7 Å². The highest BCUT2D eigenvalue weighted by Crippen LogP contribution is 2.30. The van der Waals surface area contributed by atoms with Crippen molar-refractivity contribution >= 4 is 5.91 Å². The standard InChI is InChI=1S/C20H19NO4/c1-2-11-23-17-6-3-15(4-7-17)9-10-21-20(22)16-5-8-18-19(14-16)25-13-12-24-18/h1,3-8,14H,9-13H2,(H,21,22). The van der Waals surface area contributed by atoms with E-state index in [1.165, 1.54) is 0 Å². The SMILES string of the molecule is C#CCOc1ccc(CCNC(=O)c2ccc3c(c2)OCCO3)cc1. The van der Waals surface area contributed by atoms with Crippen LogP contribution in [0.5, 0.6) is 17.2 Å². The smallest absolute Gasteiger partial charge is 0.251 e. The van der Waals surface area contributed by atoms with E-state index in [2.05, 4.69) is 11.2 Å². The molecule has 0 fully saturated rings. The second kappa shape index (κ2) is 8.11. The predicted molar refractivity (Wildman–Crippen MR) is 94.2 cm³/mol. The second-order valence-corrected chi connectivity index (χ2v) is 5.50. The zero-order valence-electron chi connectivity index (χ0n) is 13.8. The van der Waals surface area contributed by atoms with E-state index < -0.39 is 0 Å². The number of hydrogen-bond donors (Lipinski definition) is 1. The summed E-state index contributed by atoms with van der Waals surface area (Å²) in [5.74, 6) is 4.32. The van der Waals surface area contributed by atoms with Crippen LogP contribution in [-0.2, 0) is 6.42 Å². The summed E-state index contributed by atoms with van der Waals surface area (Å²) in [4.78, 5) is 12.2. The lowest BCUT2D eigenvalue weighted by Crippen LogP contribution is -2.26. The first-order valence-corrected chi connectivity index (χ1v) is 8.09. The molecule has 5 heteroatoms. The second-order valence-electron chi connectivity index (χ2n) is 5.50. The number of amides is 1. The lowest BCUT2D eigenvalue weighted by atomic mass is 10.1. The molecule has 1 aliphatic rings. The summed E-state index contributed by atoms with van der Waals surface area (Å²) in [6.45, 7) is 1.83. The van der Waals surface area contributed by atoms with Gasteiger partial charge in [-0.05, 0) is 42.3 Å². The van der Waals surface area contributed by atoms with Gasteiger partial charge in [-0.1, -0.05) is 18.1 Å². The monoisotopic (exact) mass is 337 g/mol. The summed E-state index contributed by atoms with van der Waals surface area (Å²) >= 11 is 0. The van der Waals surface area contributed by atoms with Crippen molar-refractivity contribution in [3.63, 3.8) is 0 Å². The molecule has 0 spiro atoms. The predicted octanol–water partition coefficient (Wildman–Crippen LogP) is 2.44. The van der Waals surface area contributed by atoms with Crippen LogP contribution >= 0.6 is 0 Å². The summed E-state index contributed by atoms with van der Waals surface area (Å²) in [5.41, 5.74) is 1.66. The van der Waals surface area contributed by atoms with Crippen molar-refractivity contribution in [2.24, 2.45) is 0 Å². The van der Waals surface area contributed by atoms with Gasteiger partial charge in [0.2, 0.25) is 0 Å². The van der Waals surface area contributed by atoms with Crippen molar-refractivity contribution in [2.45, 2.75) is 6.42 Å². The topological polar surface area (TPSA) is 56.8 Å². The van der Waals surface area contributed by atoms with Crippen molar-refractivity contribution in [3.05, 3.63) is 53.6 Å². The number of carbonyl (C=O) groups excluding carboxylic acids is 1. The molecule has 3 rings (SSSR count). The van der Waals surface area contributed by atoms with Gasteiger partial charge in [0.1, 0.15) is 25.6 Å². The van der Waals surface area contributed by atoms with Crippen molar-refractivity contribution in [2.75, 3.05) is 26.4 Å². The Kier molecular flexibility index (Phi) is 5.43.